The lowest BCUT2D eigenvalue weighted by Gasteiger charge is -2.15. The predicted octanol–water partition coefficient (Wildman–Crippen LogP) is 5.11. The lowest BCUT2D eigenvalue weighted by Crippen LogP contribution is -2.41. The molecule has 2 N–H and O–H groups in total. The van der Waals surface area contributed by atoms with Crippen molar-refractivity contribution in [3.63, 3.8) is 0 Å². The maximum absolute atomic E-state index is 14.7. The number of ether oxygens (including phenoxy) is 3. The molecular weight excluding hydrogens is 576 g/mol. The van der Waals surface area contributed by atoms with E-state index in [4.69, 9.17) is 9.47 Å². The van der Waals surface area contributed by atoms with Gasteiger partial charge in [0.05, 0.1) is 31.2 Å². The van der Waals surface area contributed by atoms with Crippen molar-refractivity contribution < 1.29 is 42.2 Å². The zero-order chi connectivity index (χ0) is 31.8. The van der Waals surface area contributed by atoms with Gasteiger partial charge in [-0.3, -0.25) is 19.4 Å². The van der Waals surface area contributed by atoms with Crippen LogP contribution in [0.15, 0.2) is 67.0 Å². The van der Waals surface area contributed by atoms with Crippen molar-refractivity contribution in [2.45, 2.75) is 32.2 Å². The third-order valence-corrected chi connectivity index (χ3v) is 6.64. The van der Waals surface area contributed by atoms with Crippen LogP contribution in [0.3, 0.4) is 0 Å². The van der Waals surface area contributed by atoms with Gasteiger partial charge in [0.25, 0.3) is 5.91 Å². The van der Waals surface area contributed by atoms with Crippen LogP contribution >= 0.6 is 0 Å². The summed E-state index contributed by atoms with van der Waals surface area (Å²) in [6.45, 7) is 1.79. The number of hydrogen-bond acceptors (Lipinski definition) is 8. The molecule has 0 saturated carbocycles. The van der Waals surface area contributed by atoms with E-state index < -0.39 is 41.3 Å². The minimum Gasteiger partial charge on any atom is -0.469 e. The number of carbonyl (C=O) groups excluding carboxylic acids is 4. The van der Waals surface area contributed by atoms with Gasteiger partial charge >= 0.3 is 11.9 Å². The van der Waals surface area contributed by atoms with Crippen LogP contribution < -0.4 is 10.1 Å². The first-order valence-electron chi connectivity index (χ1n) is 13.4. The Morgan fingerprint density at radius 2 is 1.70 bits per heavy atom. The Labute approximate surface area is 251 Å². The average molecular weight is 606 g/mol. The highest BCUT2D eigenvalue weighted by Crippen LogP contribution is 2.29. The van der Waals surface area contributed by atoms with Gasteiger partial charge in [-0.25, -0.2) is 13.6 Å². The normalized spacial score (nSPS) is 11.4. The second kappa shape index (κ2) is 14.2. The van der Waals surface area contributed by atoms with Gasteiger partial charge in [0.15, 0.2) is 17.3 Å². The van der Waals surface area contributed by atoms with Gasteiger partial charge < -0.3 is 24.5 Å². The number of nitrogens with zero attached hydrogens (tertiary/aromatic N) is 1. The summed E-state index contributed by atoms with van der Waals surface area (Å²) in [6, 6.07) is 11.5. The molecule has 0 fully saturated rings. The number of methoxy groups -OCH3 is 2. The third-order valence-electron chi connectivity index (χ3n) is 6.64. The molecule has 0 saturated heterocycles. The van der Waals surface area contributed by atoms with Crippen LogP contribution in [0.5, 0.6) is 11.5 Å². The quantitative estimate of drug-likeness (QED) is 0.168. The Morgan fingerprint density at radius 1 is 0.932 bits per heavy atom. The molecule has 228 valence electrons. The van der Waals surface area contributed by atoms with E-state index in [9.17, 15) is 28.0 Å². The Hall–Kier alpha value is -5.39. The Morgan fingerprint density at radius 3 is 2.45 bits per heavy atom. The van der Waals surface area contributed by atoms with Crippen LogP contribution in [0.1, 0.15) is 44.7 Å². The standard InChI is InChI=1S/C32H29F2N3O7/c1-18-4-6-23(33)20(12-18)14-28(38)19-5-7-24(34)29(15-19)44-22-10-11-35-27(16-22)26-13-21(17-36-26)31(40)37-25(32(41)43-3)8-9-30(39)42-2/h4-7,10-13,15-17,25,36H,8-9,14H2,1-3H3,(H,37,40)/t25-/m0/s1. The van der Waals surface area contributed by atoms with Gasteiger partial charge in [-0.2, -0.15) is 0 Å². The number of rotatable bonds is 12. The highest BCUT2D eigenvalue weighted by molar-refractivity contribution is 5.98. The third kappa shape index (κ3) is 7.91. The van der Waals surface area contributed by atoms with E-state index in [1.807, 2.05) is 0 Å². The highest BCUT2D eigenvalue weighted by Gasteiger charge is 2.24. The summed E-state index contributed by atoms with van der Waals surface area (Å²) in [4.78, 5) is 56.4. The smallest absolute Gasteiger partial charge is 0.328 e. The molecule has 0 aliphatic carbocycles. The Balaban J connectivity index is 1.47. The Kier molecular flexibility index (Phi) is 10.2. The van der Waals surface area contributed by atoms with Crippen molar-refractivity contribution >= 4 is 23.6 Å². The monoisotopic (exact) mass is 605 g/mol. The number of ketones is 1. The number of H-pyrrole nitrogens is 1. The molecule has 0 bridgehead atoms. The van der Waals surface area contributed by atoms with E-state index in [2.05, 4.69) is 20.0 Å². The summed E-state index contributed by atoms with van der Waals surface area (Å²) in [5.41, 5.74) is 2.12. The second-order valence-corrected chi connectivity index (χ2v) is 9.78. The average Bonchev–Trinajstić information content (AvgIpc) is 3.52. The van der Waals surface area contributed by atoms with E-state index >= 15 is 0 Å². The van der Waals surface area contributed by atoms with E-state index in [1.165, 1.54) is 63.0 Å². The first-order chi connectivity index (χ1) is 21.1. The number of aryl methyl sites for hydroxylation is 1. The summed E-state index contributed by atoms with van der Waals surface area (Å²) >= 11 is 0. The van der Waals surface area contributed by atoms with E-state index in [0.717, 1.165) is 11.6 Å². The number of hydrogen-bond donors (Lipinski definition) is 2. The van der Waals surface area contributed by atoms with E-state index in [-0.39, 0.29) is 47.5 Å². The molecule has 0 aliphatic heterocycles. The van der Waals surface area contributed by atoms with Crippen LogP contribution in [-0.2, 0) is 25.5 Å². The van der Waals surface area contributed by atoms with Crippen LogP contribution in [0.4, 0.5) is 8.78 Å². The van der Waals surface area contributed by atoms with Crippen molar-refractivity contribution in [1.29, 1.82) is 0 Å². The minimum atomic E-state index is -1.08. The molecular formula is C32H29F2N3O7. The number of pyridine rings is 1. The van der Waals surface area contributed by atoms with Gasteiger partial charge in [-0.1, -0.05) is 17.7 Å². The van der Waals surface area contributed by atoms with Crippen LogP contribution in [0.2, 0.25) is 0 Å². The van der Waals surface area contributed by atoms with Crippen molar-refractivity contribution in [3.05, 3.63) is 101 Å². The molecule has 10 nitrogen and oxygen atoms in total. The van der Waals surface area contributed by atoms with Gasteiger partial charge in [0, 0.05) is 36.9 Å². The fourth-order valence-electron chi connectivity index (χ4n) is 4.29. The van der Waals surface area contributed by atoms with Gasteiger partial charge in [0.2, 0.25) is 0 Å². The molecule has 1 amide bonds. The molecule has 2 heterocycles. The van der Waals surface area contributed by atoms with Crippen LogP contribution in [0, 0.1) is 18.6 Å². The number of nitrogens with one attached hydrogen (secondary N) is 2. The number of amides is 1. The first-order valence-corrected chi connectivity index (χ1v) is 13.4. The number of halogens is 2. The maximum Gasteiger partial charge on any atom is 0.328 e. The number of aromatic amines is 1. The molecule has 0 radical (unpaired) electrons. The minimum absolute atomic E-state index is 0.0184. The van der Waals surface area contributed by atoms with E-state index in [0.29, 0.717) is 11.4 Å². The van der Waals surface area contributed by atoms with Crippen molar-refractivity contribution in [2.24, 2.45) is 0 Å². The molecule has 2 aromatic heterocycles. The largest absolute Gasteiger partial charge is 0.469 e. The topological polar surface area (TPSA) is 137 Å². The molecule has 0 aliphatic rings. The fourth-order valence-corrected chi connectivity index (χ4v) is 4.29. The SMILES string of the molecule is COC(=O)CC[C@H](NC(=O)c1c[nH]c(-c2cc(Oc3cc(C(=O)Cc4cc(C)ccc4F)ccc3F)ccn2)c1)C(=O)OC. The lowest BCUT2D eigenvalue weighted by molar-refractivity contribution is -0.144. The second-order valence-electron chi connectivity index (χ2n) is 9.78. The zero-order valence-corrected chi connectivity index (χ0v) is 24.1. The summed E-state index contributed by atoms with van der Waals surface area (Å²) < 4.78 is 43.9. The van der Waals surface area contributed by atoms with Gasteiger partial charge in [0.1, 0.15) is 17.6 Å². The molecule has 4 rings (SSSR count). The number of carbonyl (C=O) groups is 4. The van der Waals surface area contributed by atoms with Crippen molar-refractivity contribution in [2.75, 3.05) is 14.2 Å². The molecule has 0 unspecified atom stereocenters. The predicted molar refractivity (Wildman–Crippen MR) is 154 cm³/mol. The van der Waals surface area contributed by atoms with Crippen LogP contribution in [-0.4, -0.2) is 53.9 Å². The number of Topliss-reactive ketones (excluding diaryl/α,β-unsaturated/α-hetero) is 1. The molecule has 1 atom stereocenters. The van der Waals surface area contributed by atoms with Crippen molar-refractivity contribution in [3.8, 4) is 22.9 Å². The van der Waals surface area contributed by atoms with Crippen molar-refractivity contribution in [1.82, 2.24) is 15.3 Å². The highest BCUT2D eigenvalue weighted by atomic mass is 19.1. The summed E-state index contributed by atoms with van der Waals surface area (Å²) in [5.74, 6) is -3.51. The van der Waals surface area contributed by atoms with E-state index in [1.54, 1.807) is 19.1 Å². The molecule has 2 aromatic carbocycles. The summed E-state index contributed by atoms with van der Waals surface area (Å²) in [5, 5.41) is 2.54. The molecule has 4 aromatic rings. The summed E-state index contributed by atoms with van der Waals surface area (Å²) in [7, 11) is 2.39. The van der Waals surface area contributed by atoms with Gasteiger partial charge in [-0.05, 0) is 55.3 Å². The van der Waals surface area contributed by atoms with Gasteiger partial charge in [-0.15, -0.1) is 0 Å². The fraction of sp³-hybridized carbons (Fsp3) is 0.219. The molecule has 44 heavy (non-hydrogen) atoms. The lowest BCUT2D eigenvalue weighted by atomic mass is 10.0. The zero-order valence-electron chi connectivity index (χ0n) is 24.1. The number of aromatic nitrogens is 2. The summed E-state index contributed by atoms with van der Waals surface area (Å²) in [6.07, 6.45) is 2.50. The number of esters is 2. The Bertz CT molecular complexity index is 1700. The number of benzene rings is 2. The molecule has 0 spiro atoms. The van der Waals surface area contributed by atoms with Crippen LogP contribution in [0.25, 0.3) is 11.4 Å². The molecule has 12 heteroatoms. The maximum atomic E-state index is 14.7. The first kappa shape index (κ1) is 31.5.